The standard InChI is InChI=1S/C15H14F2N2O2/c16-12-3-1-2-9(15(12)17)7-14(21)19-8-10-6-11(18)4-5-13(10)20/h1-6,20H,7-8,18H2,(H,19,21). The van der Waals surface area contributed by atoms with Gasteiger partial charge >= 0.3 is 0 Å². The van der Waals surface area contributed by atoms with Crippen LogP contribution in [-0.2, 0) is 17.8 Å². The SMILES string of the molecule is Nc1ccc(O)c(CNC(=O)Cc2cccc(F)c2F)c1. The average Bonchev–Trinajstić information content (AvgIpc) is 2.45. The van der Waals surface area contributed by atoms with Crippen molar-refractivity contribution in [1.82, 2.24) is 5.32 Å². The molecule has 6 heteroatoms. The van der Waals surface area contributed by atoms with Gasteiger partial charge in [-0.1, -0.05) is 12.1 Å². The summed E-state index contributed by atoms with van der Waals surface area (Å²) < 4.78 is 26.5. The molecule has 4 nitrogen and oxygen atoms in total. The molecule has 21 heavy (non-hydrogen) atoms. The number of anilines is 1. The number of halogens is 2. The molecule has 0 heterocycles. The molecule has 0 atom stereocenters. The van der Waals surface area contributed by atoms with Crippen molar-refractivity contribution in [2.24, 2.45) is 0 Å². The maximum absolute atomic E-state index is 13.4. The maximum atomic E-state index is 13.4. The van der Waals surface area contributed by atoms with Crippen LogP contribution in [0.15, 0.2) is 36.4 Å². The fourth-order valence-corrected chi connectivity index (χ4v) is 1.86. The van der Waals surface area contributed by atoms with E-state index < -0.39 is 17.5 Å². The highest BCUT2D eigenvalue weighted by Gasteiger charge is 2.12. The zero-order chi connectivity index (χ0) is 15.4. The highest BCUT2D eigenvalue weighted by molar-refractivity contribution is 5.78. The summed E-state index contributed by atoms with van der Waals surface area (Å²) in [7, 11) is 0. The van der Waals surface area contributed by atoms with Gasteiger partial charge in [-0.05, 0) is 24.3 Å². The number of phenolic OH excluding ortho intramolecular Hbond substituents is 1. The first-order valence-corrected chi connectivity index (χ1v) is 6.24. The Morgan fingerprint density at radius 3 is 2.71 bits per heavy atom. The first kappa shape index (κ1) is 14.8. The molecule has 110 valence electrons. The molecule has 1 amide bonds. The maximum Gasteiger partial charge on any atom is 0.224 e. The van der Waals surface area contributed by atoms with Crippen LogP contribution in [0.1, 0.15) is 11.1 Å². The lowest BCUT2D eigenvalue weighted by Gasteiger charge is -2.08. The molecular formula is C15H14F2N2O2. The van der Waals surface area contributed by atoms with Gasteiger partial charge in [-0.3, -0.25) is 4.79 Å². The number of amides is 1. The summed E-state index contributed by atoms with van der Waals surface area (Å²) in [6, 6.07) is 8.15. The van der Waals surface area contributed by atoms with Crippen LogP contribution in [0.5, 0.6) is 5.75 Å². The summed E-state index contributed by atoms with van der Waals surface area (Å²) in [6.07, 6.45) is -0.285. The Balaban J connectivity index is 1.99. The van der Waals surface area contributed by atoms with E-state index in [1.807, 2.05) is 0 Å². The second-order valence-corrected chi connectivity index (χ2v) is 4.55. The van der Waals surface area contributed by atoms with Crippen molar-refractivity contribution >= 4 is 11.6 Å². The van der Waals surface area contributed by atoms with Gasteiger partial charge in [0.15, 0.2) is 11.6 Å². The summed E-state index contributed by atoms with van der Waals surface area (Å²) >= 11 is 0. The average molecular weight is 292 g/mol. The van der Waals surface area contributed by atoms with E-state index in [1.165, 1.54) is 30.3 Å². The summed E-state index contributed by atoms with van der Waals surface area (Å²) in [6.45, 7) is 0.0483. The van der Waals surface area contributed by atoms with Crippen molar-refractivity contribution in [3.8, 4) is 5.75 Å². The normalized spacial score (nSPS) is 10.4. The van der Waals surface area contributed by atoms with Gasteiger partial charge in [0.2, 0.25) is 5.91 Å². The van der Waals surface area contributed by atoms with Crippen LogP contribution in [0.2, 0.25) is 0 Å². The van der Waals surface area contributed by atoms with Crippen LogP contribution in [0, 0.1) is 11.6 Å². The lowest BCUT2D eigenvalue weighted by molar-refractivity contribution is -0.120. The Kier molecular flexibility index (Phi) is 4.37. The molecule has 0 aliphatic heterocycles. The zero-order valence-electron chi connectivity index (χ0n) is 11.1. The van der Waals surface area contributed by atoms with E-state index in [-0.39, 0.29) is 24.3 Å². The molecule has 2 aromatic rings. The third kappa shape index (κ3) is 3.68. The molecule has 0 aromatic heterocycles. The third-order valence-corrected chi connectivity index (χ3v) is 2.96. The van der Waals surface area contributed by atoms with Crippen molar-refractivity contribution in [2.45, 2.75) is 13.0 Å². The Labute approximate surface area is 120 Å². The van der Waals surface area contributed by atoms with Gasteiger partial charge in [-0.15, -0.1) is 0 Å². The lowest BCUT2D eigenvalue weighted by atomic mass is 10.1. The summed E-state index contributed by atoms with van der Waals surface area (Å²) in [5.74, 6) is -2.50. The predicted molar refractivity (Wildman–Crippen MR) is 74.4 cm³/mol. The molecule has 0 radical (unpaired) electrons. The minimum absolute atomic E-state index is 0.00133. The third-order valence-electron chi connectivity index (χ3n) is 2.96. The van der Waals surface area contributed by atoms with Crippen LogP contribution >= 0.6 is 0 Å². The largest absolute Gasteiger partial charge is 0.508 e. The van der Waals surface area contributed by atoms with Gasteiger partial charge in [0.1, 0.15) is 5.75 Å². The molecule has 4 N–H and O–H groups in total. The van der Waals surface area contributed by atoms with Crippen molar-refractivity contribution in [2.75, 3.05) is 5.73 Å². The molecule has 0 saturated carbocycles. The van der Waals surface area contributed by atoms with E-state index in [0.717, 1.165) is 6.07 Å². The Hall–Kier alpha value is -2.63. The molecule has 0 bridgehead atoms. The number of benzene rings is 2. The number of nitrogen functional groups attached to an aromatic ring is 1. The fourth-order valence-electron chi connectivity index (χ4n) is 1.86. The van der Waals surface area contributed by atoms with Gasteiger partial charge in [0, 0.05) is 23.4 Å². The minimum atomic E-state index is -1.03. The molecule has 2 rings (SSSR count). The van der Waals surface area contributed by atoms with E-state index in [2.05, 4.69) is 5.32 Å². The summed E-state index contributed by atoms with van der Waals surface area (Å²) in [5.41, 5.74) is 6.45. The second-order valence-electron chi connectivity index (χ2n) is 4.55. The van der Waals surface area contributed by atoms with Crippen molar-refractivity contribution in [3.63, 3.8) is 0 Å². The van der Waals surface area contributed by atoms with Crippen LogP contribution in [0.25, 0.3) is 0 Å². The highest BCUT2D eigenvalue weighted by atomic mass is 19.2. The Bertz CT molecular complexity index is 675. The fraction of sp³-hybridized carbons (Fsp3) is 0.133. The van der Waals surface area contributed by atoms with Gasteiger partial charge < -0.3 is 16.2 Å². The lowest BCUT2D eigenvalue weighted by Crippen LogP contribution is -2.25. The molecule has 2 aromatic carbocycles. The van der Waals surface area contributed by atoms with Gasteiger partial charge in [-0.2, -0.15) is 0 Å². The first-order chi connectivity index (χ1) is 9.97. The van der Waals surface area contributed by atoms with Gasteiger partial charge in [-0.25, -0.2) is 8.78 Å². The molecule has 0 saturated heterocycles. The van der Waals surface area contributed by atoms with Crippen LogP contribution in [0.4, 0.5) is 14.5 Å². The van der Waals surface area contributed by atoms with Crippen LogP contribution < -0.4 is 11.1 Å². The topological polar surface area (TPSA) is 75.3 Å². The zero-order valence-corrected chi connectivity index (χ0v) is 11.1. The summed E-state index contributed by atoms with van der Waals surface area (Å²) in [5, 5.41) is 12.1. The van der Waals surface area contributed by atoms with E-state index in [4.69, 9.17) is 5.73 Å². The van der Waals surface area contributed by atoms with Gasteiger partial charge in [0.05, 0.1) is 6.42 Å². The number of phenols is 1. The van der Waals surface area contributed by atoms with Gasteiger partial charge in [0.25, 0.3) is 0 Å². The predicted octanol–water partition coefficient (Wildman–Crippen LogP) is 2.11. The number of nitrogens with two attached hydrogens (primary N) is 1. The number of nitrogens with one attached hydrogen (secondary N) is 1. The van der Waals surface area contributed by atoms with E-state index in [1.54, 1.807) is 0 Å². The number of hydrogen-bond donors (Lipinski definition) is 3. The smallest absolute Gasteiger partial charge is 0.224 e. The number of aromatic hydroxyl groups is 1. The van der Waals surface area contributed by atoms with E-state index in [0.29, 0.717) is 11.3 Å². The summed E-state index contributed by atoms with van der Waals surface area (Å²) in [4.78, 5) is 11.7. The quantitative estimate of drug-likeness (QED) is 0.597. The second kappa shape index (κ2) is 6.21. The molecule has 0 fully saturated rings. The molecule has 0 aliphatic rings. The number of rotatable bonds is 4. The monoisotopic (exact) mass is 292 g/mol. The molecule has 0 unspecified atom stereocenters. The van der Waals surface area contributed by atoms with E-state index >= 15 is 0 Å². The van der Waals surface area contributed by atoms with Crippen LogP contribution in [0.3, 0.4) is 0 Å². The Morgan fingerprint density at radius 2 is 1.95 bits per heavy atom. The number of carbonyl (C=O) groups excluding carboxylic acids is 1. The van der Waals surface area contributed by atoms with Crippen molar-refractivity contribution < 1.29 is 18.7 Å². The van der Waals surface area contributed by atoms with E-state index in [9.17, 15) is 18.7 Å². The molecular weight excluding hydrogens is 278 g/mol. The Morgan fingerprint density at radius 1 is 1.19 bits per heavy atom. The van der Waals surface area contributed by atoms with Crippen molar-refractivity contribution in [1.29, 1.82) is 0 Å². The molecule has 0 spiro atoms. The highest BCUT2D eigenvalue weighted by Crippen LogP contribution is 2.19. The van der Waals surface area contributed by atoms with Crippen LogP contribution in [-0.4, -0.2) is 11.0 Å². The van der Waals surface area contributed by atoms with Crippen molar-refractivity contribution in [3.05, 3.63) is 59.2 Å². The molecule has 0 aliphatic carbocycles. The first-order valence-electron chi connectivity index (χ1n) is 6.24. The number of hydrogen-bond acceptors (Lipinski definition) is 3. The number of carbonyl (C=O) groups is 1. The minimum Gasteiger partial charge on any atom is -0.508 e.